The predicted molar refractivity (Wildman–Crippen MR) is 91.8 cm³/mol. The summed E-state index contributed by atoms with van der Waals surface area (Å²) in [5, 5.41) is 10.4. The highest BCUT2D eigenvalue weighted by atomic mass is 32.2. The van der Waals surface area contributed by atoms with E-state index in [4.69, 9.17) is 11.5 Å². The summed E-state index contributed by atoms with van der Waals surface area (Å²) < 4.78 is 26.8. The molecule has 1 aromatic heterocycles. The molecule has 1 aliphatic heterocycles. The van der Waals surface area contributed by atoms with Gasteiger partial charge in [-0.25, -0.2) is 13.4 Å². The van der Waals surface area contributed by atoms with E-state index in [1.807, 2.05) is 0 Å². The van der Waals surface area contributed by atoms with Crippen molar-refractivity contribution in [2.75, 3.05) is 6.54 Å². The Kier molecular flexibility index (Phi) is 4.31. The number of guanidine groups is 1. The van der Waals surface area contributed by atoms with Gasteiger partial charge in [-0.3, -0.25) is 4.79 Å². The lowest BCUT2D eigenvalue weighted by molar-refractivity contribution is -0.140. The third-order valence-electron chi connectivity index (χ3n) is 4.05. The maximum Gasteiger partial charge on any atom is 0.322 e. The zero-order valence-electron chi connectivity index (χ0n) is 13.2. The van der Waals surface area contributed by atoms with E-state index in [2.05, 4.69) is 9.98 Å². The third kappa shape index (κ3) is 3.13. The number of aliphatic imine (C=N–C) groups is 1. The highest BCUT2D eigenvalue weighted by Crippen LogP contribution is 2.30. The van der Waals surface area contributed by atoms with Gasteiger partial charge in [0.15, 0.2) is 11.8 Å². The molecule has 2 aromatic rings. The van der Waals surface area contributed by atoms with Gasteiger partial charge in [0.05, 0.1) is 4.90 Å². The van der Waals surface area contributed by atoms with Gasteiger partial charge in [0.2, 0.25) is 10.0 Å². The lowest BCUT2D eigenvalue weighted by atomic mass is 10.1. The zero-order valence-corrected chi connectivity index (χ0v) is 14.0. The number of fused-ring (bicyclic) bond motifs is 1. The standard InChI is InChI=1S/C15H17N5O4S/c16-15(17)19-13-11-8-10(4-3-9(11)5-6-18-13)25(23,24)20-7-1-2-12(20)14(21)22/h3-6,8,12H,1-2,7H2,(H,21,22)(H4,16,17,18,19)/t12-/m1/s1. The minimum absolute atomic E-state index is 0.0202. The summed E-state index contributed by atoms with van der Waals surface area (Å²) in [6, 6.07) is 5.12. The smallest absolute Gasteiger partial charge is 0.322 e. The van der Waals surface area contributed by atoms with Crippen molar-refractivity contribution in [3.8, 4) is 0 Å². The number of hydrogen-bond donors (Lipinski definition) is 3. The second kappa shape index (κ2) is 6.30. The first-order valence-corrected chi connectivity index (χ1v) is 8.98. The molecular formula is C15H17N5O4S. The topological polar surface area (TPSA) is 152 Å². The number of aromatic nitrogens is 1. The van der Waals surface area contributed by atoms with E-state index in [0.29, 0.717) is 23.6 Å². The molecular weight excluding hydrogens is 346 g/mol. The van der Waals surface area contributed by atoms with Crippen molar-refractivity contribution in [2.24, 2.45) is 16.5 Å². The Bertz CT molecular complexity index is 969. The van der Waals surface area contributed by atoms with Crippen LogP contribution in [0.4, 0.5) is 5.82 Å². The molecule has 1 aliphatic rings. The van der Waals surface area contributed by atoms with Crippen LogP contribution in [-0.4, -0.2) is 47.3 Å². The summed E-state index contributed by atoms with van der Waals surface area (Å²) in [4.78, 5) is 19.3. The lowest BCUT2D eigenvalue weighted by Crippen LogP contribution is -2.40. The Morgan fingerprint density at radius 2 is 2.08 bits per heavy atom. The summed E-state index contributed by atoms with van der Waals surface area (Å²) >= 11 is 0. The molecule has 3 rings (SSSR count). The maximum absolute atomic E-state index is 12.9. The number of carboxylic acids is 1. The number of nitrogens with zero attached hydrogens (tertiary/aromatic N) is 3. The summed E-state index contributed by atoms with van der Waals surface area (Å²) in [7, 11) is -3.96. The van der Waals surface area contributed by atoms with Gasteiger partial charge < -0.3 is 16.6 Å². The molecule has 1 fully saturated rings. The first-order valence-electron chi connectivity index (χ1n) is 7.54. The summed E-state index contributed by atoms with van der Waals surface area (Å²) in [5.41, 5.74) is 10.8. The highest BCUT2D eigenvalue weighted by molar-refractivity contribution is 7.89. The van der Waals surface area contributed by atoms with Gasteiger partial charge in [-0.1, -0.05) is 6.07 Å². The average molecular weight is 363 g/mol. The van der Waals surface area contributed by atoms with Gasteiger partial charge in [0, 0.05) is 18.1 Å². The SMILES string of the molecule is NC(N)=Nc1nccc2ccc(S(=O)(=O)N3CCC[C@@H]3C(=O)O)cc12. The minimum atomic E-state index is -3.96. The number of pyridine rings is 1. The van der Waals surface area contributed by atoms with Crippen molar-refractivity contribution in [1.29, 1.82) is 0 Å². The molecule has 0 amide bonds. The molecule has 9 nitrogen and oxygen atoms in total. The third-order valence-corrected chi connectivity index (χ3v) is 5.95. The minimum Gasteiger partial charge on any atom is -0.480 e. The molecule has 0 aliphatic carbocycles. The van der Waals surface area contributed by atoms with Crippen LogP contribution >= 0.6 is 0 Å². The fraction of sp³-hybridized carbons (Fsp3) is 0.267. The second-order valence-corrected chi connectivity index (χ2v) is 7.56. The van der Waals surface area contributed by atoms with Crippen LogP contribution in [0.2, 0.25) is 0 Å². The summed E-state index contributed by atoms with van der Waals surface area (Å²) in [5.74, 6) is -1.14. The number of carboxylic acid groups (broad SMARTS) is 1. The van der Waals surface area contributed by atoms with Crippen LogP contribution in [0.25, 0.3) is 10.8 Å². The van der Waals surface area contributed by atoms with Crippen molar-refractivity contribution >= 4 is 38.5 Å². The Hall–Kier alpha value is -2.72. The quantitative estimate of drug-likeness (QED) is 0.524. The number of carbonyl (C=O) groups is 1. The molecule has 1 aromatic carbocycles. The molecule has 25 heavy (non-hydrogen) atoms. The fourth-order valence-electron chi connectivity index (χ4n) is 2.91. The first-order chi connectivity index (χ1) is 11.8. The average Bonchev–Trinajstić information content (AvgIpc) is 3.05. The van der Waals surface area contributed by atoms with Crippen LogP contribution in [0.1, 0.15) is 12.8 Å². The molecule has 0 spiro atoms. The number of sulfonamides is 1. The highest BCUT2D eigenvalue weighted by Gasteiger charge is 2.39. The van der Waals surface area contributed by atoms with Gasteiger partial charge in [-0.15, -0.1) is 0 Å². The molecule has 132 valence electrons. The normalized spacial score (nSPS) is 18.3. The van der Waals surface area contributed by atoms with Crippen LogP contribution in [0.3, 0.4) is 0 Å². The number of rotatable bonds is 4. The Balaban J connectivity index is 2.12. The summed E-state index contributed by atoms with van der Waals surface area (Å²) in [6.45, 7) is 0.172. The molecule has 0 bridgehead atoms. The van der Waals surface area contributed by atoms with Crippen molar-refractivity contribution in [3.63, 3.8) is 0 Å². The lowest BCUT2D eigenvalue weighted by Gasteiger charge is -2.21. The van der Waals surface area contributed by atoms with Gasteiger partial charge in [0.25, 0.3) is 0 Å². The molecule has 10 heteroatoms. The first kappa shape index (κ1) is 17.1. The number of aliphatic carboxylic acids is 1. The van der Waals surface area contributed by atoms with E-state index in [9.17, 15) is 18.3 Å². The van der Waals surface area contributed by atoms with Crippen LogP contribution in [0.5, 0.6) is 0 Å². The second-order valence-electron chi connectivity index (χ2n) is 5.67. The van der Waals surface area contributed by atoms with Gasteiger partial charge in [-0.05, 0) is 36.4 Å². The van der Waals surface area contributed by atoms with E-state index in [1.165, 1.54) is 18.3 Å². The maximum atomic E-state index is 12.9. The van der Waals surface area contributed by atoms with Crippen molar-refractivity contribution in [1.82, 2.24) is 9.29 Å². The Morgan fingerprint density at radius 1 is 1.32 bits per heavy atom. The van der Waals surface area contributed by atoms with Gasteiger partial charge in [0.1, 0.15) is 6.04 Å². The Labute approximate surface area is 144 Å². The molecule has 0 radical (unpaired) electrons. The molecule has 2 heterocycles. The van der Waals surface area contributed by atoms with E-state index >= 15 is 0 Å². The van der Waals surface area contributed by atoms with Crippen LogP contribution in [0, 0.1) is 0 Å². The van der Waals surface area contributed by atoms with Crippen LogP contribution in [0.15, 0.2) is 40.4 Å². The van der Waals surface area contributed by atoms with Crippen LogP contribution < -0.4 is 11.5 Å². The van der Waals surface area contributed by atoms with Crippen molar-refractivity contribution < 1.29 is 18.3 Å². The number of benzene rings is 1. The zero-order chi connectivity index (χ0) is 18.2. The summed E-state index contributed by atoms with van der Waals surface area (Å²) in [6.07, 6.45) is 2.31. The number of nitrogens with two attached hydrogens (primary N) is 2. The van der Waals surface area contributed by atoms with Crippen molar-refractivity contribution in [2.45, 2.75) is 23.8 Å². The van der Waals surface area contributed by atoms with E-state index < -0.39 is 22.0 Å². The molecule has 0 unspecified atom stereocenters. The van der Waals surface area contributed by atoms with Crippen LogP contribution in [-0.2, 0) is 14.8 Å². The van der Waals surface area contributed by atoms with Gasteiger partial charge >= 0.3 is 5.97 Å². The molecule has 5 N–H and O–H groups in total. The monoisotopic (exact) mass is 363 g/mol. The van der Waals surface area contributed by atoms with E-state index in [0.717, 1.165) is 4.31 Å². The predicted octanol–water partition coefficient (Wildman–Crippen LogP) is 0.377. The van der Waals surface area contributed by atoms with E-state index in [1.54, 1.807) is 12.1 Å². The van der Waals surface area contributed by atoms with Gasteiger partial charge in [-0.2, -0.15) is 9.30 Å². The fourth-order valence-corrected chi connectivity index (χ4v) is 4.59. The van der Waals surface area contributed by atoms with E-state index in [-0.39, 0.29) is 23.2 Å². The Morgan fingerprint density at radius 3 is 2.76 bits per heavy atom. The molecule has 1 atom stereocenters. The molecule has 0 saturated carbocycles. The van der Waals surface area contributed by atoms with Crippen molar-refractivity contribution in [3.05, 3.63) is 30.5 Å². The number of hydrogen-bond acceptors (Lipinski definition) is 5. The largest absolute Gasteiger partial charge is 0.480 e. The molecule has 1 saturated heterocycles.